The van der Waals surface area contributed by atoms with Gasteiger partial charge in [-0.1, -0.05) is 42.4 Å². The number of rotatable bonds is 5. The van der Waals surface area contributed by atoms with E-state index in [-0.39, 0.29) is 0 Å². The standard InChI is InChI=1S/C17H16ClN3OS/c1-3-10-23-17-21-20-16(22-17)14-8-9-15(19-11(14)2)12-4-6-13(18)7-5-12/h4-9H,3,10H2,1-2H3. The number of hydrogen-bond donors (Lipinski definition) is 0. The van der Waals surface area contributed by atoms with E-state index in [0.717, 1.165) is 34.7 Å². The lowest BCUT2D eigenvalue weighted by atomic mass is 10.1. The molecule has 0 radical (unpaired) electrons. The molecule has 4 nitrogen and oxygen atoms in total. The molecule has 2 heterocycles. The molecule has 0 fully saturated rings. The Morgan fingerprint density at radius 2 is 1.87 bits per heavy atom. The first-order chi connectivity index (χ1) is 11.2. The minimum absolute atomic E-state index is 0.510. The van der Waals surface area contributed by atoms with Crippen molar-refractivity contribution < 1.29 is 4.42 Å². The molecule has 0 saturated heterocycles. The van der Waals surface area contributed by atoms with Crippen LogP contribution in [0.3, 0.4) is 0 Å². The van der Waals surface area contributed by atoms with Gasteiger partial charge in [0.15, 0.2) is 0 Å². The Hall–Kier alpha value is -1.85. The van der Waals surface area contributed by atoms with Gasteiger partial charge in [-0.05, 0) is 37.6 Å². The molecule has 0 aliphatic rings. The Bertz CT molecular complexity index is 802. The molecular weight excluding hydrogens is 330 g/mol. The highest BCUT2D eigenvalue weighted by molar-refractivity contribution is 7.99. The summed E-state index contributed by atoms with van der Waals surface area (Å²) in [6.45, 7) is 4.06. The van der Waals surface area contributed by atoms with Gasteiger partial charge in [0.2, 0.25) is 0 Å². The van der Waals surface area contributed by atoms with Gasteiger partial charge in [0, 0.05) is 16.3 Å². The van der Waals surface area contributed by atoms with Gasteiger partial charge < -0.3 is 4.42 Å². The molecule has 6 heteroatoms. The zero-order valence-corrected chi connectivity index (χ0v) is 14.5. The summed E-state index contributed by atoms with van der Waals surface area (Å²) in [6, 6.07) is 11.5. The highest BCUT2D eigenvalue weighted by atomic mass is 35.5. The maximum atomic E-state index is 5.92. The summed E-state index contributed by atoms with van der Waals surface area (Å²) < 4.78 is 5.70. The molecule has 0 saturated carbocycles. The molecule has 2 aromatic heterocycles. The van der Waals surface area contributed by atoms with Crippen molar-refractivity contribution in [1.82, 2.24) is 15.2 Å². The van der Waals surface area contributed by atoms with Gasteiger partial charge in [0.25, 0.3) is 11.1 Å². The number of aryl methyl sites for hydroxylation is 1. The fraction of sp³-hybridized carbons (Fsp3) is 0.235. The van der Waals surface area contributed by atoms with E-state index < -0.39 is 0 Å². The Kier molecular flexibility index (Phi) is 4.98. The first kappa shape index (κ1) is 16.0. The van der Waals surface area contributed by atoms with Crippen molar-refractivity contribution in [2.45, 2.75) is 25.5 Å². The predicted octanol–water partition coefficient (Wildman–Crippen LogP) is 5.26. The van der Waals surface area contributed by atoms with Crippen LogP contribution in [-0.4, -0.2) is 20.9 Å². The van der Waals surface area contributed by atoms with Gasteiger partial charge >= 0.3 is 0 Å². The van der Waals surface area contributed by atoms with Crippen molar-refractivity contribution >= 4 is 23.4 Å². The Labute approximate surface area is 144 Å². The van der Waals surface area contributed by atoms with Crippen molar-refractivity contribution in [3.8, 4) is 22.7 Å². The van der Waals surface area contributed by atoms with Crippen LogP contribution in [0, 0.1) is 6.92 Å². The minimum atomic E-state index is 0.510. The third kappa shape index (κ3) is 3.74. The van der Waals surface area contributed by atoms with Crippen LogP contribution in [0.15, 0.2) is 46.0 Å². The lowest BCUT2D eigenvalue weighted by Crippen LogP contribution is -1.91. The topological polar surface area (TPSA) is 51.8 Å². The molecule has 0 atom stereocenters. The van der Waals surface area contributed by atoms with Crippen molar-refractivity contribution in [1.29, 1.82) is 0 Å². The molecule has 0 aliphatic heterocycles. The van der Waals surface area contributed by atoms with E-state index in [1.54, 1.807) is 11.8 Å². The second-order valence-electron chi connectivity index (χ2n) is 5.06. The number of nitrogens with zero attached hydrogens (tertiary/aromatic N) is 3. The summed E-state index contributed by atoms with van der Waals surface area (Å²) in [5, 5.41) is 9.50. The SMILES string of the molecule is CCCSc1nnc(-c2ccc(-c3ccc(Cl)cc3)nc2C)o1. The molecule has 0 bridgehead atoms. The number of benzene rings is 1. The van der Waals surface area contributed by atoms with E-state index in [4.69, 9.17) is 16.0 Å². The number of hydrogen-bond acceptors (Lipinski definition) is 5. The van der Waals surface area contributed by atoms with Crippen LogP contribution in [0.4, 0.5) is 0 Å². The summed E-state index contributed by atoms with van der Waals surface area (Å²) in [5.74, 6) is 1.48. The van der Waals surface area contributed by atoms with Gasteiger partial charge in [-0.15, -0.1) is 10.2 Å². The van der Waals surface area contributed by atoms with Crippen LogP contribution in [-0.2, 0) is 0 Å². The lowest BCUT2D eigenvalue weighted by Gasteiger charge is -2.05. The third-order valence-electron chi connectivity index (χ3n) is 3.29. The summed E-state index contributed by atoms with van der Waals surface area (Å²) >= 11 is 7.49. The average molecular weight is 346 g/mol. The number of halogens is 1. The van der Waals surface area contributed by atoms with Crippen molar-refractivity contribution in [2.75, 3.05) is 5.75 Å². The quantitative estimate of drug-likeness (QED) is 0.590. The second kappa shape index (κ2) is 7.15. The first-order valence-electron chi connectivity index (χ1n) is 7.37. The summed E-state index contributed by atoms with van der Waals surface area (Å²) in [5.41, 5.74) is 3.63. The monoisotopic (exact) mass is 345 g/mol. The maximum absolute atomic E-state index is 5.92. The van der Waals surface area contributed by atoms with E-state index >= 15 is 0 Å². The summed E-state index contributed by atoms with van der Waals surface area (Å²) in [4.78, 5) is 4.64. The summed E-state index contributed by atoms with van der Waals surface area (Å²) in [6.07, 6.45) is 1.07. The third-order valence-corrected chi connectivity index (χ3v) is 4.57. The van der Waals surface area contributed by atoms with Gasteiger partial charge in [0.1, 0.15) is 0 Å². The van der Waals surface area contributed by atoms with E-state index in [9.17, 15) is 0 Å². The molecule has 3 rings (SSSR count). The van der Waals surface area contributed by atoms with Crippen LogP contribution < -0.4 is 0 Å². The molecule has 0 aliphatic carbocycles. The molecule has 3 aromatic rings. The normalized spacial score (nSPS) is 10.9. The summed E-state index contributed by atoms with van der Waals surface area (Å²) in [7, 11) is 0. The Morgan fingerprint density at radius 3 is 2.57 bits per heavy atom. The molecule has 1 aromatic carbocycles. The van der Waals surface area contributed by atoms with E-state index in [2.05, 4.69) is 22.1 Å². The Balaban J connectivity index is 1.87. The van der Waals surface area contributed by atoms with Crippen LogP contribution in [0.1, 0.15) is 19.0 Å². The number of pyridine rings is 1. The van der Waals surface area contributed by atoms with Gasteiger partial charge in [-0.2, -0.15) is 0 Å². The average Bonchev–Trinajstić information content (AvgIpc) is 3.02. The number of aromatic nitrogens is 3. The fourth-order valence-electron chi connectivity index (χ4n) is 2.13. The van der Waals surface area contributed by atoms with E-state index in [1.807, 2.05) is 43.3 Å². The van der Waals surface area contributed by atoms with Crippen LogP contribution in [0.25, 0.3) is 22.7 Å². The molecular formula is C17H16ClN3OS. The lowest BCUT2D eigenvalue weighted by molar-refractivity contribution is 0.465. The molecule has 0 spiro atoms. The van der Waals surface area contributed by atoms with Crippen LogP contribution >= 0.6 is 23.4 Å². The van der Waals surface area contributed by atoms with E-state index in [1.165, 1.54) is 0 Å². The van der Waals surface area contributed by atoms with Gasteiger partial charge in [-0.3, -0.25) is 4.98 Å². The predicted molar refractivity (Wildman–Crippen MR) is 93.7 cm³/mol. The molecule has 0 N–H and O–H groups in total. The maximum Gasteiger partial charge on any atom is 0.276 e. The molecule has 0 amide bonds. The molecule has 0 unspecified atom stereocenters. The molecule has 23 heavy (non-hydrogen) atoms. The molecule has 118 valence electrons. The zero-order chi connectivity index (χ0) is 16.2. The van der Waals surface area contributed by atoms with E-state index in [0.29, 0.717) is 16.1 Å². The smallest absolute Gasteiger partial charge is 0.276 e. The largest absolute Gasteiger partial charge is 0.411 e. The highest BCUT2D eigenvalue weighted by Crippen LogP contribution is 2.28. The van der Waals surface area contributed by atoms with Gasteiger partial charge in [0.05, 0.1) is 17.0 Å². The zero-order valence-electron chi connectivity index (χ0n) is 12.9. The highest BCUT2D eigenvalue weighted by Gasteiger charge is 2.13. The fourth-order valence-corrected chi connectivity index (χ4v) is 2.88. The van der Waals surface area contributed by atoms with Crippen molar-refractivity contribution in [3.63, 3.8) is 0 Å². The minimum Gasteiger partial charge on any atom is -0.411 e. The van der Waals surface area contributed by atoms with Crippen LogP contribution in [0.2, 0.25) is 5.02 Å². The van der Waals surface area contributed by atoms with Crippen molar-refractivity contribution in [2.24, 2.45) is 0 Å². The Morgan fingerprint density at radius 1 is 1.09 bits per heavy atom. The van der Waals surface area contributed by atoms with Crippen LogP contribution in [0.5, 0.6) is 0 Å². The van der Waals surface area contributed by atoms with Crippen molar-refractivity contribution in [3.05, 3.63) is 47.1 Å². The van der Waals surface area contributed by atoms with Gasteiger partial charge in [-0.25, -0.2) is 0 Å². The first-order valence-corrected chi connectivity index (χ1v) is 8.74. The second-order valence-corrected chi connectivity index (χ2v) is 6.54. The number of thioether (sulfide) groups is 1.